The highest BCUT2D eigenvalue weighted by molar-refractivity contribution is 5.77. The third kappa shape index (κ3) is 4.10. The molecule has 9 heteroatoms. The predicted octanol–water partition coefficient (Wildman–Crippen LogP) is 2.70. The molecule has 1 aromatic carbocycles. The molecule has 3 heterocycles. The zero-order chi connectivity index (χ0) is 19.6. The maximum Gasteiger partial charge on any atom is 0.416 e. The van der Waals surface area contributed by atoms with E-state index in [0.717, 1.165) is 44.9 Å². The summed E-state index contributed by atoms with van der Waals surface area (Å²) < 4.78 is 45.7. The molecule has 28 heavy (non-hydrogen) atoms. The van der Waals surface area contributed by atoms with Crippen molar-refractivity contribution in [3.05, 3.63) is 48.3 Å². The standard InChI is InChI=1S/C19H20F3N5O/c20-19(21,22)15-3-1-14(2-4-15)16-13-24-27-8-5-17(25-18(16)27)28-12-11-26-9-6-23-7-10-26/h1-5,8,13,23H,6-7,9-12H2. The minimum atomic E-state index is -4.36. The fourth-order valence-electron chi connectivity index (χ4n) is 3.19. The van der Waals surface area contributed by atoms with E-state index in [9.17, 15) is 13.2 Å². The number of rotatable bonds is 5. The average molecular weight is 391 g/mol. The molecule has 0 unspecified atom stereocenters. The lowest BCUT2D eigenvalue weighted by Gasteiger charge is -2.26. The third-order valence-electron chi connectivity index (χ3n) is 4.73. The average Bonchev–Trinajstić information content (AvgIpc) is 3.11. The quantitative estimate of drug-likeness (QED) is 0.725. The van der Waals surface area contributed by atoms with Gasteiger partial charge in [0, 0.05) is 50.6 Å². The highest BCUT2D eigenvalue weighted by Crippen LogP contribution is 2.32. The molecule has 2 aromatic heterocycles. The Morgan fingerprint density at radius 3 is 2.54 bits per heavy atom. The Morgan fingerprint density at radius 2 is 1.82 bits per heavy atom. The van der Waals surface area contributed by atoms with Gasteiger partial charge in [-0.25, -0.2) is 4.52 Å². The van der Waals surface area contributed by atoms with Gasteiger partial charge in [-0.3, -0.25) is 4.90 Å². The van der Waals surface area contributed by atoms with Crippen LogP contribution in [-0.2, 0) is 6.18 Å². The Bertz CT molecular complexity index is 933. The molecule has 0 amide bonds. The van der Waals surface area contributed by atoms with Gasteiger partial charge in [0.05, 0.1) is 11.8 Å². The van der Waals surface area contributed by atoms with Crippen LogP contribution in [0.15, 0.2) is 42.7 Å². The van der Waals surface area contributed by atoms with E-state index < -0.39 is 11.7 Å². The molecule has 1 N–H and O–H groups in total. The Morgan fingerprint density at radius 1 is 1.07 bits per heavy atom. The fraction of sp³-hybridized carbons (Fsp3) is 0.368. The molecule has 1 fully saturated rings. The summed E-state index contributed by atoms with van der Waals surface area (Å²) in [5.41, 5.74) is 1.13. The molecule has 6 nitrogen and oxygen atoms in total. The van der Waals surface area contributed by atoms with E-state index in [0.29, 0.717) is 29.3 Å². The van der Waals surface area contributed by atoms with Crippen molar-refractivity contribution >= 4 is 5.65 Å². The summed E-state index contributed by atoms with van der Waals surface area (Å²) in [5.74, 6) is 0.469. The molecule has 1 aliphatic heterocycles. The zero-order valence-electron chi connectivity index (χ0n) is 15.1. The number of fused-ring (bicyclic) bond motifs is 1. The molecule has 1 saturated heterocycles. The number of halogens is 3. The van der Waals surface area contributed by atoms with Gasteiger partial charge in [-0.1, -0.05) is 12.1 Å². The molecule has 0 saturated carbocycles. The van der Waals surface area contributed by atoms with Crippen LogP contribution in [0, 0.1) is 0 Å². The summed E-state index contributed by atoms with van der Waals surface area (Å²) in [6.07, 6.45) is -1.03. The number of ether oxygens (including phenoxy) is 1. The summed E-state index contributed by atoms with van der Waals surface area (Å²) in [4.78, 5) is 6.81. The smallest absolute Gasteiger partial charge is 0.416 e. The number of alkyl halides is 3. The van der Waals surface area contributed by atoms with Gasteiger partial charge in [-0.2, -0.15) is 23.3 Å². The molecular weight excluding hydrogens is 371 g/mol. The van der Waals surface area contributed by atoms with Crippen molar-refractivity contribution in [1.82, 2.24) is 24.8 Å². The maximum atomic E-state index is 12.8. The Hall–Kier alpha value is -2.65. The lowest BCUT2D eigenvalue weighted by molar-refractivity contribution is -0.137. The Balaban J connectivity index is 1.49. The summed E-state index contributed by atoms with van der Waals surface area (Å²) in [6, 6.07) is 6.71. The van der Waals surface area contributed by atoms with E-state index in [1.165, 1.54) is 12.1 Å². The van der Waals surface area contributed by atoms with Crippen molar-refractivity contribution in [2.45, 2.75) is 6.18 Å². The van der Waals surface area contributed by atoms with Crippen molar-refractivity contribution in [3.63, 3.8) is 0 Å². The second kappa shape index (κ2) is 7.76. The number of aromatic nitrogens is 3. The van der Waals surface area contributed by atoms with Gasteiger partial charge >= 0.3 is 6.18 Å². The number of benzene rings is 1. The predicted molar refractivity (Wildman–Crippen MR) is 98.2 cm³/mol. The largest absolute Gasteiger partial charge is 0.476 e. The van der Waals surface area contributed by atoms with Gasteiger partial charge in [0.2, 0.25) is 5.88 Å². The first-order valence-electron chi connectivity index (χ1n) is 9.08. The van der Waals surface area contributed by atoms with Gasteiger partial charge in [0.15, 0.2) is 5.65 Å². The van der Waals surface area contributed by atoms with Crippen LogP contribution in [0.1, 0.15) is 5.56 Å². The van der Waals surface area contributed by atoms with Crippen LogP contribution in [0.4, 0.5) is 13.2 Å². The second-order valence-electron chi connectivity index (χ2n) is 6.61. The van der Waals surface area contributed by atoms with E-state index in [4.69, 9.17) is 4.74 Å². The van der Waals surface area contributed by atoms with Gasteiger partial charge < -0.3 is 10.1 Å². The first-order valence-corrected chi connectivity index (χ1v) is 9.08. The molecule has 148 valence electrons. The molecule has 0 bridgehead atoms. The molecule has 0 radical (unpaired) electrons. The van der Waals surface area contributed by atoms with Crippen molar-refractivity contribution in [1.29, 1.82) is 0 Å². The molecule has 1 aliphatic rings. The number of piperazine rings is 1. The fourth-order valence-corrected chi connectivity index (χ4v) is 3.19. The normalized spacial score (nSPS) is 15.8. The molecule has 3 aromatic rings. The summed E-state index contributed by atoms with van der Waals surface area (Å²) in [5, 5.41) is 7.53. The Labute approximate surface area is 159 Å². The van der Waals surface area contributed by atoms with Crippen molar-refractivity contribution in [2.75, 3.05) is 39.3 Å². The molecule has 4 rings (SSSR count). The van der Waals surface area contributed by atoms with Crippen LogP contribution in [0.2, 0.25) is 0 Å². The SMILES string of the molecule is FC(F)(F)c1ccc(-c2cnn3ccc(OCCN4CCNCC4)nc23)cc1. The lowest BCUT2D eigenvalue weighted by atomic mass is 10.1. The van der Waals surface area contributed by atoms with Gasteiger partial charge in [0.25, 0.3) is 0 Å². The van der Waals surface area contributed by atoms with Crippen LogP contribution in [0.5, 0.6) is 5.88 Å². The highest BCUT2D eigenvalue weighted by atomic mass is 19.4. The van der Waals surface area contributed by atoms with Crippen molar-refractivity contribution < 1.29 is 17.9 Å². The first-order chi connectivity index (χ1) is 13.5. The zero-order valence-corrected chi connectivity index (χ0v) is 15.1. The van der Waals surface area contributed by atoms with Crippen molar-refractivity contribution in [3.8, 4) is 17.0 Å². The Kier molecular flexibility index (Phi) is 5.19. The summed E-state index contributed by atoms with van der Waals surface area (Å²) in [7, 11) is 0. The number of hydrogen-bond donors (Lipinski definition) is 1. The van der Waals surface area contributed by atoms with E-state index in [-0.39, 0.29) is 0 Å². The van der Waals surface area contributed by atoms with Crippen LogP contribution in [0.25, 0.3) is 16.8 Å². The third-order valence-corrected chi connectivity index (χ3v) is 4.73. The minimum Gasteiger partial charge on any atom is -0.476 e. The molecule has 0 aliphatic carbocycles. The van der Waals surface area contributed by atoms with Gasteiger partial charge in [-0.05, 0) is 17.7 Å². The number of hydrogen-bond acceptors (Lipinski definition) is 5. The first kappa shape index (κ1) is 18.7. The topological polar surface area (TPSA) is 54.7 Å². The lowest BCUT2D eigenvalue weighted by Crippen LogP contribution is -2.44. The van der Waals surface area contributed by atoms with Crippen LogP contribution < -0.4 is 10.1 Å². The summed E-state index contributed by atoms with van der Waals surface area (Å²) in [6.45, 7) is 5.30. The highest BCUT2D eigenvalue weighted by Gasteiger charge is 2.30. The van der Waals surface area contributed by atoms with E-state index in [2.05, 4.69) is 20.3 Å². The van der Waals surface area contributed by atoms with Crippen molar-refractivity contribution in [2.24, 2.45) is 0 Å². The van der Waals surface area contributed by atoms with E-state index >= 15 is 0 Å². The van der Waals surface area contributed by atoms with E-state index in [1.54, 1.807) is 23.0 Å². The van der Waals surface area contributed by atoms with E-state index in [1.807, 2.05) is 0 Å². The van der Waals surface area contributed by atoms with Crippen LogP contribution >= 0.6 is 0 Å². The number of nitrogens with zero attached hydrogens (tertiary/aromatic N) is 4. The number of nitrogens with one attached hydrogen (secondary N) is 1. The second-order valence-corrected chi connectivity index (χ2v) is 6.61. The van der Waals surface area contributed by atoms with Crippen LogP contribution in [-0.4, -0.2) is 58.8 Å². The van der Waals surface area contributed by atoms with Gasteiger partial charge in [-0.15, -0.1) is 0 Å². The van der Waals surface area contributed by atoms with Crippen LogP contribution in [0.3, 0.4) is 0 Å². The molecule has 0 atom stereocenters. The molecular formula is C19H20F3N5O. The maximum absolute atomic E-state index is 12.8. The minimum absolute atomic E-state index is 0.469. The van der Waals surface area contributed by atoms with Gasteiger partial charge in [0.1, 0.15) is 6.61 Å². The molecule has 0 spiro atoms. The monoisotopic (exact) mass is 391 g/mol. The summed E-state index contributed by atoms with van der Waals surface area (Å²) >= 11 is 0.